The maximum atomic E-state index is 11.9. The van der Waals surface area contributed by atoms with E-state index < -0.39 is 14.9 Å². The number of hydrogen-bond acceptors (Lipinski definition) is 7. The zero-order valence-electron chi connectivity index (χ0n) is 15.2. The lowest BCUT2D eigenvalue weighted by Gasteiger charge is -2.16. The molecule has 26 heavy (non-hydrogen) atoms. The number of nitro groups is 1. The van der Waals surface area contributed by atoms with Crippen molar-refractivity contribution < 1.29 is 13.3 Å². The van der Waals surface area contributed by atoms with Gasteiger partial charge in [0.05, 0.1) is 21.6 Å². The Hall–Kier alpha value is -2.04. The van der Waals surface area contributed by atoms with Gasteiger partial charge in [-0.1, -0.05) is 20.8 Å². The summed E-state index contributed by atoms with van der Waals surface area (Å²) in [4.78, 5) is 15.2. The van der Waals surface area contributed by atoms with E-state index in [4.69, 9.17) is 0 Å². The van der Waals surface area contributed by atoms with E-state index in [0.717, 1.165) is 16.8 Å². The average molecular weight is 399 g/mol. The number of nitrogens with zero attached hydrogens (tertiary/aromatic N) is 2. The topological polar surface area (TPSA) is 114 Å². The van der Waals surface area contributed by atoms with Crippen molar-refractivity contribution in [2.75, 3.05) is 12.4 Å². The third-order valence-corrected chi connectivity index (χ3v) is 6.22. The molecule has 0 saturated heterocycles. The Kier molecular flexibility index (Phi) is 5.69. The Balaban J connectivity index is 2.34. The van der Waals surface area contributed by atoms with Crippen LogP contribution in [0.15, 0.2) is 28.5 Å². The standard InChI is InChI=1S/C16H22N4O4S2/c1-10(15-19-14(9-25-15)16(2,3)4)18-12-7-6-11(26(23,24)17-5)8-13(12)20(21)22/h6-10,17-18H,1-5H3. The third-order valence-electron chi connectivity index (χ3n) is 3.78. The van der Waals surface area contributed by atoms with Gasteiger partial charge in [0.1, 0.15) is 10.7 Å². The molecule has 8 nitrogen and oxygen atoms in total. The van der Waals surface area contributed by atoms with Crippen LogP contribution in [0.25, 0.3) is 0 Å². The predicted octanol–water partition coefficient (Wildman–Crippen LogP) is 3.43. The van der Waals surface area contributed by atoms with Gasteiger partial charge in [0, 0.05) is 16.9 Å². The molecule has 1 aromatic heterocycles. The van der Waals surface area contributed by atoms with Gasteiger partial charge in [-0.3, -0.25) is 10.1 Å². The smallest absolute Gasteiger partial charge is 0.293 e. The van der Waals surface area contributed by atoms with Crippen LogP contribution in [0.3, 0.4) is 0 Å². The first-order valence-electron chi connectivity index (χ1n) is 7.90. The van der Waals surface area contributed by atoms with Gasteiger partial charge in [0.2, 0.25) is 10.0 Å². The Morgan fingerprint density at radius 3 is 2.46 bits per heavy atom. The van der Waals surface area contributed by atoms with Crippen LogP contribution < -0.4 is 10.0 Å². The second kappa shape index (κ2) is 7.29. The van der Waals surface area contributed by atoms with Crippen molar-refractivity contribution in [3.63, 3.8) is 0 Å². The maximum Gasteiger partial charge on any atom is 0.293 e. The Morgan fingerprint density at radius 2 is 1.96 bits per heavy atom. The zero-order chi connectivity index (χ0) is 19.7. The minimum absolute atomic E-state index is 0.0797. The highest BCUT2D eigenvalue weighted by molar-refractivity contribution is 7.89. The van der Waals surface area contributed by atoms with Crippen molar-refractivity contribution in [1.29, 1.82) is 0 Å². The number of anilines is 1. The molecular weight excluding hydrogens is 376 g/mol. The van der Waals surface area contributed by atoms with Crippen LogP contribution in [0.5, 0.6) is 0 Å². The molecular formula is C16H22N4O4S2. The summed E-state index contributed by atoms with van der Waals surface area (Å²) in [6.07, 6.45) is 0. The molecule has 1 aromatic carbocycles. The third kappa shape index (κ3) is 4.37. The van der Waals surface area contributed by atoms with Crippen molar-refractivity contribution in [2.24, 2.45) is 0 Å². The zero-order valence-corrected chi connectivity index (χ0v) is 16.9. The second-order valence-corrected chi connectivity index (χ2v) is 9.61. The fraction of sp³-hybridized carbons (Fsp3) is 0.438. The molecule has 2 rings (SSSR count). The molecule has 0 amide bonds. The van der Waals surface area contributed by atoms with Crippen LogP contribution in [0.1, 0.15) is 44.4 Å². The number of thiazole rings is 1. The van der Waals surface area contributed by atoms with Crippen molar-refractivity contribution in [2.45, 2.75) is 44.0 Å². The summed E-state index contributed by atoms with van der Waals surface area (Å²) in [5.74, 6) is 0. The predicted molar refractivity (Wildman–Crippen MR) is 102 cm³/mol. The van der Waals surface area contributed by atoms with E-state index in [1.165, 1.54) is 30.5 Å². The van der Waals surface area contributed by atoms with Gasteiger partial charge in [-0.15, -0.1) is 11.3 Å². The van der Waals surface area contributed by atoms with E-state index in [0.29, 0.717) is 0 Å². The van der Waals surface area contributed by atoms with Crippen LogP contribution in [0, 0.1) is 10.1 Å². The van der Waals surface area contributed by atoms with Crippen LogP contribution in [-0.4, -0.2) is 25.4 Å². The lowest BCUT2D eigenvalue weighted by atomic mass is 9.93. The number of benzene rings is 1. The lowest BCUT2D eigenvalue weighted by Crippen LogP contribution is -2.19. The molecule has 1 heterocycles. The molecule has 10 heteroatoms. The van der Waals surface area contributed by atoms with Gasteiger partial charge in [-0.05, 0) is 26.1 Å². The van der Waals surface area contributed by atoms with Crippen molar-refractivity contribution in [3.05, 3.63) is 44.4 Å². The van der Waals surface area contributed by atoms with Crippen LogP contribution >= 0.6 is 11.3 Å². The van der Waals surface area contributed by atoms with Crippen molar-refractivity contribution >= 4 is 32.7 Å². The summed E-state index contributed by atoms with van der Waals surface area (Å²) < 4.78 is 25.9. The number of aromatic nitrogens is 1. The monoisotopic (exact) mass is 398 g/mol. The molecule has 0 fully saturated rings. The number of sulfonamides is 1. The van der Waals surface area contributed by atoms with Crippen LogP contribution in [0.4, 0.5) is 11.4 Å². The first-order valence-corrected chi connectivity index (χ1v) is 10.3. The van der Waals surface area contributed by atoms with E-state index in [1.54, 1.807) is 0 Å². The largest absolute Gasteiger partial charge is 0.371 e. The number of nitrogens with one attached hydrogen (secondary N) is 2. The lowest BCUT2D eigenvalue weighted by molar-refractivity contribution is -0.384. The molecule has 0 radical (unpaired) electrons. The summed E-state index contributed by atoms with van der Waals surface area (Å²) in [5.41, 5.74) is 0.811. The maximum absolute atomic E-state index is 11.9. The normalized spacial score (nSPS) is 13.4. The highest BCUT2D eigenvalue weighted by Crippen LogP contribution is 2.32. The van der Waals surface area contributed by atoms with Gasteiger partial charge in [0.25, 0.3) is 5.69 Å². The molecule has 0 spiro atoms. The van der Waals surface area contributed by atoms with E-state index >= 15 is 0 Å². The number of hydrogen-bond donors (Lipinski definition) is 2. The SMILES string of the molecule is CNS(=O)(=O)c1ccc(NC(C)c2nc(C(C)(C)C)cs2)c([N+](=O)[O-])c1. The van der Waals surface area contributed by atoms with E-state index in [-0.39, 0.29) is 27.7 Å². The first kappa shape index (κ1) is 20.3. The average Bonchev–Trinajstić information content (AvgIpc) is 3.05. The van der Waals surface area contributed by atoms with Gasteiger partial charge in [0.15, 0.2) is 0 Å². The van der Waals surface area contributed by atoms with Gasteiger partial charge in [-0.25, -0.2) is 18.1 Å². The van der Waals surface area contributed by atoms with Gasteiger partial charge < -0.3 is 5.32 Å². The Labute approximate surface area is 156 Å². The van der Waals surface area contributed by atoms with Crippen molar-refractivity contribution in [3.8, 4) is 0 Å². The second-order valence-electron chi connectivity index (χ2n) is 6.83. The molecule has 1 atom stereocenters. The molecule has 0 bridgehead atoms. The molecule has 0 aliphatic carbocycles. The molecule has 0 aliphatic heterocycles. The summed E-state index contributed by atoms with van der Waals surface area (Å²) in [5, 5.41) is 17.2. The molecule has 2 aromatic rings. The van der Waals surface area contributed by atoms with Crippen LogP contribution in [0.2, 0.25) is 0 Å². The molecule has 0 aliphatic rings. The van der Waals surface area contributed by atoms with E-state index in [1.807, 2.05) is 12.3 Å². The minimum Gasteiger partial charge on any atom is -0.371 e. The Morgan fingerprint density at radius 1 is 1.31 bits per heavy atom. The quantitative estimate of drug-likeness (QED) is 0.569. The van der Waals surface area contributed by atoms with Gasteiger partial charge in [-0.2, -0.15) is 0 Å². The number of rotatable bonds is 6. The molecule has 142 valence electrons. The fourth-order valence-electron chi connectivity index (χ4n) is 2.20. The molecule has 1 unspecified atom stereocenters. The first-order chi connectivity index (χ1) is 12.0. The van der Waals surface area contributed by atoms with E-state index in [2.05, 4.69) is 35.8 Å². The fourth-order valence-corrected chi connectivity index (χ4v) is 4.00. The molecule has 2 N–H and O–H groups in total. The summed E-state index contributed by atoms with van der Waals surface area (Å²) in [6, 6.07) is 3.51. The number of nitro benzene ring substituents is 1. The van der Waals surface area contributed by atoms with Gasteiger partial charge >= 0.3 is 0 Å². The van der Waals surface area contributed by atoms with Crippen molar-refractivity contribution in [1.82, 2.24) is 9.71 Å². The minimum atomic E-state index is -3.76. The highest BCUT2D eigenvalue weighted by Gasteiger charge is 2.23. The molecule has 0 saturated carbocycles. The van der Waals surface area contributed by atoms with E-state index in [9.17, 15) is 18.5 Å². The Bertz CT molecular complexity index is 917. The summed E-state index contributed by atoms with van der Waals surface area (Å²) >= 11 is 1.48. The van der Waals surface area contributed by atoms with Crippen LogP contribution in [-0.2, 0) is 15.4 Å². The highest BCUT2D eigenvalue weighted by atomic mass is 32.2. The summed E-state index contributed by atoms with van der Waals surface area (Å²) in [6.45, 7) is 8.05. The summed E-state index contributed by atoms with van der Waals surface area (Å²) in [7, 11) is -2.50.